The Kier molecular flexibility index (Phi) is 9.14. The first-order valence-corrected chi connectivity index (χ1v) is 16.2. The SMILES string of the molecule is CCCN(CCC)CCN1C(=O)[C@@H]2C(C(=O)Nc3ccc(C)c(C)c3)[C@@H]3C=CC2(O3)C1C(=O)NC1CCCC(C)C1C. The average molecular weight is 579 g/mol. The van der Waals surface area contributed by atoms with Gasteiger partial charge in [-0.1, -0.05) is 58.8 Å². The van der Waals surface area contributed by atoms with Gasteiger partial charge in [-0.15, -0.1) is 0 Å². The molecule has 6 unspecified atom stereocenters. The number of ether oxygens (including phenoxy) is 1. The lowest BCUT2D eigenvalue weighted by atomic mass is 9.73. The van der Waals surface area contributed by atoms with E-state index in [9.17, 15) is 14.4 Å². The second kappa shape index (κ2) is 12.5. The molecule has 1 aromatic carbocycles. The summed E-state index contributed by atoms with van der Waals surface area (Å²) in [6, 6.07) is 5.09. The van der Waals surface area contributed by atoms with Crippen LogP contribution in [0.5, 0.6) is 0 Å². The molecule has 8 nitrogen and oxygen atoms in total. The van der Waals surface area contributed by atoms with Crippen molar-refractivity contribution in [3.05, 3.63) is 41.5 Å². The van der Waals surface area contributed by atoms with Crippen LogP contribution in [-0.4, -0.2) is 77.5 Å². The van der Waals surface area contributed by atoms with Crippen LogP contribution in [0.25, 0.3) is 0 Å². The molecule has 2 N–H and O–H groups in total. The normalized spacial score (nSPS) is 33.4. The van der Waals surface area contributed by atoms with Crippen LogP contribution in [0.2, 0.25) is 0 Å². The van der Waals surface area contributed by atoms with E-state index in [0.29, 0.717) is 30.6 Å². The van der Waals surface area contributed by atoms with E-state index < -0.39 is 29.6 Å². The van der Waals surface area contributed by atoms with Gasteiger partial charge in [0.15, 0.2) is 0 Å². The first kappa shape index (κ1) is 30.7. The van der Waals surface area contributed by atoms with Gasteiger partial charge in [0.1, 0.15) is 11.6 Å². The number of benzene rings is 1. The lowest BCUT2D eigenvalue weighted by molar-refractivity contribution is -0.141. The first-order chi connectivity index (χ1) is 20.1. The molecule has 3 heterocycles. The van der Waals surface area contributed by atoms with E-state index in [1.807, 2.05) is 44.2 Å². The maximum Gasteiger partial charge on any atom is 0.246 e. The van der Waals surface area contributed by atoms with Crippen LogP contribution >= 0.6 is 0 Å². The highest BCUT2D eigenvalue weighted by Crippen LogP contribution is 2.55. The van der Waals surface area contributed by atoms with Crippen LogP contribution in [-0.2, 0) is 19.1 Å². The smallest absolute Gasteiger partial charge is 0.246 e. The van der Waals surface area contributed by atoms with E-state index in [-0.39, 0.29) is 23.8 Å². The summed E-state index contributed by atoms with van der Waals surface area (Å²) >= 11 is 0. The van der Waals surface area contributed by atoms with E-state index in [4.69, 9.17) is 4.74 Å². The topological polar surface area (TPSA) is 91.0 Å². The molecule has 1 spiro atoms. The number of nitrogens with one attached hydrogen (secondary N) is 2. The Morgan fingerprint density at radius 2 is 1.79 bits per heavy atom. The number of hydrogen-bond acceptors (Lipinski definition) is 5. The van der Waals surface area contributed by atoms with Gasteiger partial charge in [0, 0.05) is 24.8 Å². The number of rotatable bonds is 11. The molecule has 1 aliphatic carbocycles. The third kappa shape index (κ3) is 5.52. The zero-order valence-electron chi connectivity index (χ0n) is 26.3. The van der Waals surface area contributed by atoms with Gasteiger partial charge in [-0.3, -0.25) is 14.4 Å². The van der Waals surface area contributed by atoms with Crippen LogP contribution in [0.15, 0.2) is 30.4 Å². The molecular weight excluding hydrogens is 528 g/mol. The van der Waals surface area contributed by atoms with Crippen molar-refractivity contribution >= 4 is 23.4 Å². The summed E-state index contributed by atoms with van der Waals surface area (Å²) in [7, 11) is 0. The van der Waals surface area contributed by atoms with E-state index in [2.05, 4.69) is 43.2 Å². The van der Waals surface area contributed by atoms with Gasteiger partial charge in [0.25, 0.3) is 0 Å². The molecule has 2 saturated heterocycles. The maximum atomic E-state index is 14.3. The molecule has 230 valence electrons. The summed E-state index contributed by atoms with van der Waals surface area (Å²) < 4.78 is 6.56. The fourth-order valence-corrected chi connectivity index (χ4v) is 7.82. The van der Waals surface area contributed by atoms with Crippen molar-refractivity contribution in [2.75, 3.05) is 31.5 Å². The Labute approximate surface area is 251 Å². The molecule has 8 atom stereocenters. The van der Waals surface area contributed by atoms with Crippen molar-refractivity contribution in [3.8, 4) is 0 Å². The Morgan fingerprint density at radius 3 is 2.48 bits per heavy atom. The summed E-state index contributed by atoms with van der Waals surface area (Å²) in [6.07, 6.45) is 8.51. The standard InChI is InChI=1S/C34H50N4O4/c1-7-16-37(17-8-2)18-19-38-30(32(40)36-26-11-9-10-22(4)24(26)6)34-15-14-27(42-34)28(29(34)33(38)41)31(39)35-25-13-12-21(3)23(5)20-25/h12-15,20,22,24,26-30H,7-11,16-19H2,1-6H3,(H,35,39)(H,36,40)/t22?,24?,26?,27-,28?,29-,30?,34?/m0/s1. The van der Waals surface area contributed by atoms with Gasteiger partial charge >= 0.3 is 0 Å². The van der Waals surface area contributed by atoms with Crippen LogP contribution in [0, 0.1) is 37.5 Å². The van der Waals surface area contributed by atoms with Gasteiger partial charge < -0.3 is 25.2 Å². The van der Waals surface area contributed by atoms with Gasteiger partial charge in [0.05, 0.1) is 17.9 Å². The number of nitrogens with zero attached hydrogens (tertiary/aromatic N) is 2. The molecule has 3 amide bonds. The minimum atomic E-state index is -1.14. The maximum absolute atomic E-state index is 14.3. The largest absolute Gasteiger partial charge is 0.359 e. The zero-order chi connectivity index (χ0) is 30.2. The first-order valence-electron chi connectivity index (χ1n) is 16.2. The van der Waals surface area contributed by atoms with Crippen molar-refractivity contribution in [2.24, 2.45) is 23.7 Å². The number of aryl methyl sites for hydroxylation is 2. The van der Waals surface area contributed by atoms with Gasteiger partial charge in [-0.2, -0.15) is 0 Å². The third-order valence-corrected chi connectivity index (χ3v) is 10.5. The van der Waals surface area contributed by atoms with E-state index in [1.54, 1.807) is 4.90 Å². The van der Waals surface area contributed by atoms with Crippen molar-refractivity contribution in [3.63, 3.8) is 0 Å². The number of likely N-dealkylation sites (tertiary alicyclic amines) is 1. The number of fused-ring (bicyclic) bond motifs is 1. The Bertz CT molecular complexity index is 1210. The highest BCUT2D eigenvalue weighted by Gasteiger charge is 2.72. The lowest BCUT2D eigenvalue weighted by Gasteiger charge is -2.38. The van der Waals surface area contributed by atoms with Crippen molar-refractivity contribution in [1.82, 2.24) is 15.1 Å². The fourth-order valence-electron chi connectivity index (χ4n) is 7.82. The highest BCUT2D eigenvalue weighted by molar-refractivity contribution is 6.02. The van der Waals surface area contributed by atoms with Crippen molar-refractivity contribution in [1.29, 1.82) is 0 Å². The minimum Gasteiger partial charge on any atom is -0.359 e. The van der Waals surface area contributed by atoms with Gasteiger partial charge in [0.2, 0.25) is 17.7 Å². The molecule has 4 aliphatic rings. The predicted octanol–water partition coefficient (Wildman–Crippen LogP) is 4.46. The molecule has 1 aromatic rings. The summed E-state index contributed by atoms with van der Waals surface area (Å²) in [5.41, 5.74) is 1.80. The summed E-state index contributed by atoms with van der Waals surface area (Å²) in [6.45, 7) is 15.8. The summed E-state index contributed by atoms with van der Waals surface area (Å²) in [5, 5.41) is 6.41. The third-order valence-electron chi connectivity index (χ3n) is 10.5. The molecular formula is C34H50N4O4. The summed E-state index contributed by atoms with van der Waals surface area (Å²) in [4.78, 5) is 46.5. The Hall–Kier alpha value is -2.71. The number of anilines is 1. The molecule has 3 aliphatic heterocycles. The molecule has 2 bridgehead atoms. The minimum absolute atomic E-state index is 0.0665. The quantitative estimate of drug-likeness (QED) is 0.379. The Morgan fingerprint density at radius 1 is 1.05 bits per heavy atom. The van der Waals surface area contributed by atoms with Gasteiger partial charge in [-0.25, -0.2) is 0 Å². The number of amides is 3. The van der Waals surface area contributed by atoms with Crippen LogP contribution < -0.4 is 10.6 Å². The summed E-state index contributed by atoms with van der Waals surface area (Å²) in [5.74, 6) is -1.08. The number of carbonyl (C=O) groups is 3. The van der Waals surface area contributed by atoms with Crippen LogP contribution in [0.3, 0.4) is 0 Å². The molecule has 1 saturated carbocycles. The zero-order valence-corrected chi connectivity index (χ0v) is 26.3. The average Bonchev–Trinajstić information content (AvgIpc) is 3.59. The molecule has 5 rings (SSSR count). The van der Waals surface area contributed by atoms with Crippen molar-refractivity contribution < 1.29 is 19.1 Å². The van der Waals surface area contributed by atoms with E-state index in [0.717, 1.165) is 49.9 Å². The Balaban J connectivity index is 1.43. The monoisotopic (exact) mass is 578 g/mol. The predicted molar refractivity (Wildman–Crippen MR) is 165 cm³/mol. The molecule has 0 aromatic heterocycles. The van der Waals surface area contributed by atoms with Gasteiger partial charge in [-0.05, 0) is 81.3 Å². The van der Waals surface area contributed by atoms with Crippen LogP contribution in [0.1, 0.15) is 70.9 Å². The number of carbonyl (C=O) groups excluding carboxylic acids is 3. The molecule has 42 heavy (non-hydrogen) atoms. The van der Waals surface area contributed by atoms with E-state index >= 15 is 0 Å². The molecule has 8 heteroatoms. The molecule has 0 radical (unpaired) electrons. The van der Waals surface area contributed by atoms with Crippen molar-refractivity contribution in [2.45, 2.75) is 97.4 Å². The highest BCUT2D eigenvalue weighted by atomic mass is 16.5. The lowest BCUT2D eigenvalue weighted by Crippen LogP contribution is -2.58. The van der Waals surface area contributed by atoms with Crippen LogP contribution in [0.4, 0.5) is 5.69 Å². The number of hydrogen-bond donors (Lipinski definition) is 2. The molecule has 3 fully saturated rings. The van der Waals surface area contributed by atoms with E-state index in [1.165, 1.54) is 6.42 Å². The second-order valence-electron chi connectivity index (χ2n) is 13.2. The fraction of sp³-hybridized carbons (Fsp3) is 0.676. The second-order valence-corrected chi connectivity index (χ2v) is 13.2.